The molecule has 23 heavy (non-hydrogen) atoms. The van der Waals surface area contributed by atoms with Crippen molar-refractivity contribution in [2.75, 3.05) is 0 Å². The summed E-state index contributed by atoms with van der Waals surface area (Å²) in [6, 6.07) is 11.3. The van der Waals surface area contributed by atoms with Gasteiger partial charge in [-0.15, -0.1) is 11.3 Å². The SMILES string of the molecule is CCn1c(=O)n(Cc2ccco2)c(=O)c2sc3ccccc3c21. The van der Waals surface area contributed by atoms with Crippen LogP contribution in [-0.4, -0.2) is 9.13 Å². The Hall–Kier alpha value is -2.60. The zero-order valence-corrected chi connectivity index (χ0v) is 13.3. The second-order valence-corrected chi connectivity index (χ2v) is 6.33. The Morgan fingerprint density at radius 2 is 1.91 bits per heavy atom. The highest BCUT2D eigenvalue weighted by molar-refractivity contribution is 7.25. The van der Waals surface area contributed by atoms with Crippen molar-refractivity contribution in [2.24, 2.45) is 0 Å². The van der Waals surface area contributed by atoms with Crippen molar-refractivity contribution >= 4 is 31.6 Å². The van der Waals surface area contributed by atoms with Gasteiger partial charge in [-0.2, -0.15) is 0 Å². The van der Waals surface area contributed by atoms with Gasteiger partial charge in [-0.3, -0.25) is 13.9 Å². The smallest absolute Gasteiger partial charge is 0.331 e. The monoisotopic (exact) mass is 326 g/mol. The number of rotatable bonds is 3. The molecule has 0 spiro atoms. The summed E-state index contributed by atoms with van der Waals surface area (Å²) in [6.07, 6.45) is 1.54. The van der Waals surface area contributed by atoms with E-state index < -0.39 is 0 Å². The molecule has 4 aromatic rings. The summed E-state index contributed by atoms with van der Waals surface area (Å²) in [5.74, 6) is 0.590. The third kappa shape index (κ3) is 2.06. The zero-order chi connectivity index (χ0) is 16.0. The van der Waals surface area contributed by atoms with E-state index in [0.29, 0.717) is 17.0 Å². The third-order valence-electron chi connectivity index (χ3n) is 3.95. The Bertz CT molecular complexity index is 1120. The number of nitrogens with zero attached hydrogens (tertiary/aromatic N) is 2. The van der Waals surface area contributed by atoms with Crippen LogP contribution in [0.1, 0.15) is 12.7 Å². The number of aryl methyl sites for hydroxylation is 1. The van der Waals surface area contributed by atoms with Gasteiger partial charge in [0.25, 0.3) is 5.56 Å². The summed E-state index contributed by atoms with van der Waals surface area (Å²) >= 11 is 1.43. The van der Waals surface area contributed by atoms with Crippen molar-refractivity contribution < 1.29 is 4.42 Å². The summed E-state index contributed by atoms with van der Waals surface area (Å²) < 4.78 is 9.82. The van der Waals surface area contributed by atoms with Gasteiger partial charge < -0.3 is 4.42 Å². The molecule has 0 aliphatic carbocycles. The molecule has 0 aliphatic heterocycles. The predicted octanol–water partition coefficient (Wildman–Crippen LogP) is 3.04. The fraction of sp³-hybridized carbons (Fsp3) is 0.176. The van der Waals surface area contributed by atoms with Crippen LogP contribution >= 0.6 is 11.3 Å². The number of aromatic nitrogens is 2. The van der Waals surface area contributed by atoms with Crippen LogP contribution in [0.5, 0.6) is 0 Å². The Labute approximate surface area is 135 Å². The van der Waals surface area contributed by atoms with Crippen LogP contribution in [0.15, 0.2) is 56.7 Å². The van der Waals surface area contributed by atoms with Gasteiger partial charge in [-0.05, 0) is 25.1 Å². The van der Waals surface area contributed by atoms with Gasteiger partial charge in [0, 0.05) is 16.6 Å². The highest BCUT2D eigenvalue weighted by Gasteiger charge is 2.17. The highest BCUT2D eigenvalue weighted by Crippen LogP contribution is 2.30. The average Bonchev–Trinajstić information content (AvgIpc) is 3.20. The van der Waals surface area contributed by atoms with Crippen molar-refractivity contribution in [1.82, 2.24) is 9.13 Å². The first-order valence-electron chi connectivity index (χ1n) is 7.38. The summed E-state index contributed by atoms with van der Waals surface area (Å²) in [7, 11) is 0. The van der Waals surface area contributed by atoms with Gasteiger partial charge in [0.1, 0.15) is 10.5 Å². The number of fused-ring (bicyclic) bond motifs is 3. The number of hydrogen-bond acceptors (Lipinski definition) is 4. The summed E-state index contributed by atoms with van der Waals surface area (Å²) in [4.78, 5) is 25.6. The maximum absolute atomic E-state index is 12.8. The Kier molecular flexibility index (Phi) is 3.20. The normalized spacial score (nSPS) is 11.5. The van der Waals surface area contributed by atoms with E-state index in [9.17, 15) is 9.59 Å². The standard InChI is InChI=1S/C17H14N2O3S/c1-2-18-14-12-7-3-4-8-13(12)23-15(14)16(20)19(17(18)21)10-11-6-5-9-22-11/h3-9H,2,10H2,1H3. The van der Waals surface area contributed by atoms with Crippen LogP contribution < -0.4 is 11.2 Å². The fourth-order valence-electron chi connectivity index (χ4n) is 2.89. The van der Waals surface area contributed by atoms with Crippen LogP contribution in [-0.2, 0) is 13.1 Å². The number of furan rings is 1. The second-order valence-electron chi connectivity index (χ2n) is 5.27. The second kappa shape index (κ2) is 5.24. The van der Waals surface area contributed by atoms with E-state index in [1.54, 1.807) is 16.7 Å². The minimum Gasteiger partial charge on any atom is -0.467 e. The van der Waals surface area contributed by atoms with Crippen LogP contribution in [0.2, 0.25) is 0 Å². The lowest BCUT2D eigenvalue weighted by Gasteiger charge is -2.09. The van der Waals surface area contributed by atoms with Gasteiger partial charge in [-0.25, -0.2) is 4.79 Å². The summed E-state index contributed by atoms with van der Waals surface area (Å²) in [5.41, 5.74) is 0.177. The lowest BCUT2D eigenvalue weighted by Crippen LogP contribution is -2.39. The fourth-order valence-corrected chi connectivity index (χ4v) is 4.04. The Morgan fingerprint density at radius 1 is 1.09 bits per heavy atom. The van der Waals surface area contributed by atoms with Crippen molar-refractivity contribution in [3.63, 3.8) is 0 Å². The molecule has 4 rings (SSSR count). The van der Waals surface area contributed by atoms with Crippen molar-refractivity contribution in [3.05, 3.63) is 69.3 Å². The third-order valence-corrected chi connectivity index (χ3v) is 5.10. The van der Waals surface area contributed by atoms with E-state index in [-0.39, 0.29) is 17.8 Å². The molecule has 116 valence electrons. The molecule has 0 fully saturated rings. The van der Waals surface area contributed by atoms with Gasteiger partial charge in [0.2, 0.25) is 0 Å². The van der Waals surface area contributed by atoms with Crippen LogP contribution in [0.4, 0.5) is 0 Å². The maximum atomic E-state index is 12.8. The lowest BCUT2D eigenvalue weighted by molar-refractivity contribution is 0.478. The maximum Gasteiger partial charge on any atom is 0.331 e. The minimum absolute atomic E-state index is 0.148. The van der Waals surface area contributed by atoms with Gasteiger partial charge >= 0.3 is 5.69 Å². The van der Waals surface area contributed by atoms with Gasteiger partial charge in [-0.1, -0.05) is 18.2 Å². The number of benzene rings is 1. The lowest BCUT2D eigenvalue weighted by atomic mass is 10.2. The molecule has 1 aromatic carbocycles. The van der Waals surface area contributed by atoms with Crippen molar-refractivity contribution in [2.45, 2.75) is 20.0 Å². The van der Waals surface area contributed by atoms with E-state index in [1.807, 2.05) is 31.2 Å². The van der Waals surface area contributed by atoms with Crippen molar-refractivity contribution in [1.29, 1.82) is 0 Å². The average molecular weight is 326 g/mol. The number of hydrogen-bond donors (Lipinski definition) is 0. The topological polar surface area (TPSA) is 57.1 Å². The molecule has 5 nitrogen and oxygen atoms in total. The molecule has 6 heteroatoms. The largest absolute Gasteiger partial charge is 0.467 e. The van der Waals surface area contributed by atoms with Crippen LogP contribution in [0.25, 0.3) is 20.3 Å². The van der Waals surface area contributed by atoms with E-state index >= 15 is 0 Å². The molecule has 3 heterocycles. The van der Waals surface area contributed by atoms with E-state index in [4.69, 9.17) is 4.42 Å². The molecule has 0 atom stereocenters. The molecular weight excluding hydrogens is 312 g/mol. The zero-order valence-electron chi connectivity index (χ0n) is 12.5. The van der Waals surface area contributed by atoms with E-state index in [1.165, 1.54) is 22.2 Å². The summed E-state index contributed by atoms with van der Waals surface area (Å²) in [5, 5.41) is 0.952. The molecule has 0 saturated carbocycles. The summed E-state index contributed by atoms with van der Waals surface area (Å²) in [6.45, 7) is 2.57. The van der Waals surface area contributed by atoms with Crippen LogP contribution in [0, 0.1) is 0 Å². The van der Waals surface area contributed by atoms with Gasteiger partial charge in [0.15, 0.2) is 0 Å². The van der Waals surface area contributed by atoms with Crippen molar-refractivity contribution in [3.8, 4) is 0 Å². The highest BCUT2D eigenvalue weighted by atomic mass is 32.1. The predicted molar refractivity (Wildman–Crippen MR) is 91.3 cm³/mol. The molecule has 0 amide bonds. The molecule has 0 unspecified atom stereocenters. The number of thiophene rings is 1. The molecule has 0 radical (unpaired) electrons. The van der Waals surface area contributed by atoms with E-state index in [0.717, 1.165) is 15.6 Å². The molecule has 0 N–H and O–H groups in total. The first kappa shape index (κ1) is 14.0. The van der Waals surface area contributed by atoms with Gasteiger partial charge in [0.05, 0.1) is 18.3 Å². The quantitative estimate of drug-likeness (QED) is 0.581. The Morgan fingerprint density at radius 3 is 2.65 bits per heavy atom. The van der Waals surface area contributed by atoms with E-state index in [2.05, 4.69) is 0 Å². The first-order valence-corrected chi connectivity index (χ1v) is 8.19. The first-order chi connectivity index (χ1) is 11.2. The molecule has 3 aromatic heterocycles. The molecule has 0 bridgehead atoms. The molecule has 0 saturated heterocycles. The molecular formula is C17H14N2O3S. The minimum atomic E-state index is -0.301. The van der Waals surface area contributed by atoms with Crippen LogP contribution in [0.3, 0.4) is 0 Å². The molecule has 0 aliphatic rings. The Balaban J connectivity index is 2.11.